The summed E-state index contributed by atoms with van der Waals surface area (Å²) in [6.07, 6.45) is 7.89. The normalized spacial score (nSPS) is 47.4. The molecule has 2 saturated carbocycles. The molecule has 0 bridgehead atoms. The van der Waals surface area contributed by atoms with Crippen LogP contribution in [-0.2, 0) is 0 Å². The molecule has 4 N–H and O–H groups in total. The standard InChI is InChI=1S/C14H25N3/c1-14(17)7-3-2-5-10-11(9-15)13(10)12(16)6-4-8-14/h10-13H,2-8,16-17H2,1H3. The van der Waals surface area contributed by atoms with Crippen molar-refractivity contribution < 1.29 is 0 Å². The lowest BCUT2D eigenvalue weighted by Gasteiger charge is -2.25. The molecule has 5 atom stereocenters. The van der Waals surface area contributed by atoms with Gasteiger partial charge in [-0.25, -0.2) is 0 Å². The third kappa shape index (κ3) is 3.00. The minimum atomic E-state index is -0.0110. The van der Waals surface area contributed by atoms with E-state index < -0.39 is 0 Å². The van der Waals surface area contributed by atoms with Gasteiger partial charge in [-0.1, -0.05) is 19.3 Å². The van der Waals surface area contributed by atoms with Gasteiger partial charge in [0.05, 0.1) is 12.0 Å². The van der Waals surface area contributed by atoms with Crippen LogP contribution in [-0.4, -0.2) is 11.6 Å². The fourth-order valence-electron chi connectivity index (χ4n) is 3.51. The topological polar surface area (TPSA) is 75.8 Å². The maximum Gasteiger partial charge on any atom is 0.0662 e. The van der Waals surface area contributed by atoms with Gasteiger partial charge in [-0.3, -0.25) is 0 Å². The lowest BCUT2D eigenvalue weighted by molar-refractivity contribution is 0.362. The SMILES string of the molecule is CC1(N)CCCCC2C(C#N)C2C(N)CCC1. The van der Waals surface area contributed by atoms with Crippen molar-refractivity contribution in [2.24, 2.45) is 29.2 Å². The summed E-state index contributed by atoms with van der Waals surface area (Å²) in [5.41, 5.74) is 12.5. The first kappa shape index (κ1) is 12.9. The highest BCUT2D eigenvalue weighted by atomic mass is 14.7. The molecule has 0 aromatic carbocycles. The molecule has 3 heteroatoms. The zero-order chi connectivity index (χ0) is 12.5. The van der Waals surface area contributed by atoms with E-state index in [-0.39, 0.29) is 17.5 Å². The Morgan fingerprint density at radius 3 is 2.59 bits per heavy atom. The average molecular weight is 235 g/mol. The molecular formula is C14H25N3. The van der Waals surface area contributed by atoms with Crippen molar-refractivity contribution in [2.75, 3.05) is 0 Å². The van der Waals surface area contributed by atoms with Crippen molar-refractivity contribution in [2.45, 2.75) is 63.5 Å². The molecule has 3 nitrogen and oxygen atoms in total. The summed E-state index contributed by atoms with van der Waals surface area (Å²) in [5, 5.41) is 9.09. The van der Waals surface area contributed by atoms with Crippen molar-refractivity contribution in [3.63, 3.8) is 0 Å². The number of nitrogens with zero attached hydrogens (tertiary/aromatic N) is 1. The van der Waals surface area contributed by atoms with E-state index in [1.807, 2.05) is 0 Å². The first-order valence-electron chi connectivity index (χ1n) is 6.99. The van der Waals surface area contributed by atoms with Crippen LogP contribution < -0.4 is 11.5 Å². The Hall–Kier alpha value is -0.590. The lowest BCUT2D eigenvalue weighted by Crippen LogP contribution is -2.36. The van der Waals surface area contributed by atoms with Crippen LogP contribution >= 0.6 is 0 Å². The first-order chi connectivity index (χ1) is 8.05. The molecule has 0 heterocycles. The molecule has 96 valence electrons. The van der Waals surface area contributed by atoms with E-state index in [9.17, 15) is 0 Å². The van der Waals surface area contributed by atoms with E-state index >= 15 is 0 Å². The third-order valence-electron chi connectivity index (χ3n) is 4.69. The molecule has 0 spiro atoms. The second kappa shape index (κ2) is 4.96. The Balaban J connectivity index is 1.94. The summed E-state index contributed by atoms with van der Waals surface area (Å²) in [7, 11) is 0. The van der Waals surface area contributed by atoms with E-state index in [2.05, 4.69) is 13.0 Å². The van der Waals surface area contributed by atoms with Crippen LogP contribution in [0, 0.1) is 29.1 Å². The van der Waals surface area contributed by atoms with Gasteiger partial charge in [0.2, 0.25) is 0 Å². The van der Waals surface area contributed by atoms with Crippen molar-refractivity contribution in [1.29, 1.82) is 5.26 Å². The Labute approximate surface area is 105 Å². The maximum absolute atomic E-state index is 9.09. The van der Waals surface area contributed by atoms with Gasteiger partial charge in [0, 0.05) is 11.6 Å². The third-order valence-corrected chi connectivity index (χ3v) is 4.69. The summed E-state index contributed by atoms with van der Waals surface area (Å²) in [6.45, 7) is 2.16. The maximum atomic E-state index is 9.09. The quantitative estimate of drug-likeness (QED) is 0.675. The molecule has 0 aromatic heterocycles. The summed E-state index contributed by atoms with van der Waals surface area (Å²) < 4.78 is 0. The second-order valence-corrected chi connectivity index (χ2v) is 6.35. The second-order valence-electron chi connectivity index (χ2n) is 6.35. The van der Waals surface area contributed by atoms with Crippen LogP contribution in [0.25, 0.3) is 0 Å². The van der Waals surface area contributed by atoms with E-state index in [1.54, 1.807) is 0 Å². The van der Waals surface area contributed by atoms with Gasteiger partial charge >= 0.3 is 0 Å². The molecule has 0 aliphatic heterocycles. The van der Waals surface area contributed by atoms with E-state index in [1.165, 1.54) is 19.3 Å². The highest BCUT2D eigenvalue weighted by Gasteiger charge is 2.52. The Bertz CT molecular complexity index is 305. The highest BCUT2D eigenvalue weighted by molar-refractivity contribution is 5.12. The molecule has 5 unspecified atom stereocenters. The van der Waals surface area contributed by atoms with Gasteiger partial charge in [-0.15, -0.1) is 0 Å². The van der Waals surface area contributed by atoms with Crippen LogP contribution in [0.5, 0.6) is 0 Å². The monoisotopic (exact) mass is 235 g/mol. The fourth-order valence-corrected chi connectivity index (χ4v) is 3.51. The summed E-state index contributed by atoms with van der Waals surface area (Å²) in [4.78, 5) is 0. The summed E-state index contributed by atoms with van der Waals surface area (Å²) >= 11 is 0. The fraction of sp³-hybridized carbons (Fsp3) is 0.929. The molecule has 2 rings (SSSR count). The predicted molar refractivity (Wildman–Crippen MR) is 69.0 cm³/mol. The average Bonchev–Trinajstić information content (AvgIpc) is 2.96. The van der Waals surface area contributed by atoms with Crippen molar-refractivity contribution in [1.82, 2.24) is 0 Å². The Kier molecular flexibility index (Phi) is 3.75. The number of rotatable bonds is 0. The van der Waals surface area contributed by atoms with Crippen LogP contribution in [0.1, 0.15) is 51.9 Å². The van der Waals surface area contributed by atoms with Gasteiger partial charge in [0.25, 0.3) is 0 Å². The molecule has 0 saturated heterocycles. The summed E-state index contributed by atoms with van der Waals surface area (Å²) in [5.74, 6) is 1.30. The zero-order valence-electron chi connectivity index (χ0n) is 10.9. The van der Waals surface area contributed by atoms with E-state index in [4.69, 9.17) is 16.7 Å². The van der Waals surface area contributed by atoms with Gasteiger partial charge in [-0.2, -0.15) is 5.26 Å². The number of fused-ring (bicyclic) bond motifs is 1. The van der Waals surface area contributed by atoms with Gasteiger partial charge in [0.1, 0.15) is 0 Å². The van der Waals surface area contributed by atoms with Gasteiger partial charge in [0.15, 0.2) is 0 Å². The van der Waals surface area contributed by atoms with Crippen LogP contribution in [0.2, 0.25) is 0 Å². The number of nitrogens with two attached hydrogens (primary N) is 2. The minimum Gasteiger partial charge on any atom is -0.327 e. The van der Waals surface area contributed by atoms with Gasteiger partial charge in [-0.05, 0) is 44.4 Å². The molecule has 17 heavy (non-hydrogen) atoms. The van der Waals surface area contributed by atoms with Crippen molar-refractivity contribution in [3.8, 4) is 6.07 Å². The molecular weight excluding hydrogens is 210 g/mol. The van der Waals surface area contributed by atoms with Crippen LogP contribution in [0.3, 0.4) is 0 Å². The minimum absolute atomic E-state index is 0.0110. The van der Waals surface area contributed by atoms with Crippen LogP contribution in [0.4, 0.5) is 0 Å². The lowest BCUT2D eigenvalue weighted by atomic mass is 9.89. The molecule has 0 aromatic rings. The summed E-state index contributed by atoms with van der Waals surface area (Å²) in [6, 6.07) is 2.66. The first-order valence-corrected chi connectivity index (χ1v) is 6.99. The number of hydrogen-bond donors (Lipinski definition) is 2. The Morgan fingerprint density at radius 2 is 1.88 bits per heavy atom. The molecule has 2 aliphatic rings. The highest BCUT2D eigenvalue weighted by Crippen LogP contribution is 2.51. The molecule has 0 radical (unpaired) electrons. The largest absolute Gasteiger partial charge is 0.327 e. The zero-order valence-corrected chi connectivity index (χ0v) is 10.9. The van der Waals surface area contributed by atoms with Crippen LogP contribution in [0.15, 0.2) is 0 Å². The predicted octanol–water partition coefficient (Wildman–Crippen LogP) is 2.16. The molecule has 2 fully saturated rings. The Morgan fingerprint density at radius 1 is 1.18 bits per heavy atom. The van der Waals surface area contributed by atoms with Crippen molar-refractivity contribution >= 4 is 0 Å². The number of nitriles is 1. The smallest absolute Gasteiger partial charge is 0.0662 e. The van der Waals surface area contributed by atoms with E-state index in [0.29, 0.717) is 11.8 Å². The number of hydrogen-bond acceptors (Lipinski definition) is 3. The molecule has 0 amide bonds. The van der Waals surface area contributed by atoms with E-state index in [0.717, 1.165) is 25.7 Å². The van der Waals surface area contributed by atoms with Gasteiger partial charge < -0.3 is 11.5 Å². The van der Waals surface area contributed by atoms with Crippen molar-refractivity contribution in [3.05, 3.63) is 0 Å². The molecule has 2 aliphatic carbocycles.